The molecule has 0 spiro atoms. The number of esters is 2. The Kier molecular flexibility index (Phi) is 9.36. The summed E-state index contributed by atoms with van der Waals surface area (Å²) in [6.07, 6.45) is 1.26. The van der Waals surface area contributed by atoms with Crippen molar-refractivity contribution in [2.45, 2.75) is 65.5 Å². The number of para-hydroxylation sites is 1. The summed E-state index contributed by atoms with van der Waals surface area (Å²) in [7, 11) is 3.12. The van der Waals surface area contributed by atoms with Crippen molar-refractivity contribution in [3.8, 4) is 11.5 Å². The molecule has 10 nitrogen and oxygen atoms in total. The van der Waals surface area contributed by atoms with Crippen molar-refractivity contribution in [1.29, 1.82) is 0 Å². The van der Waals surface area contributed by atoms with Gasteiger partial charge < -0.3 is 28.7 Å². The summed E-state index contributed by atoms with van der Waals surface area (Å²) in [5.41, 5.74) is 1.59. The predicted octanol–water partition coefficient (Wildman–Crippen LogP) is 4.81. The monoisotopic (exact) mass is 585 g/mol. The van der Waals surface area contributed by atoms with Gasteiger partial charge in [-0.15, -0.1) is 0 Å². The van der Waals surface area contributed by atoms with Crippen LogP contribution in [0.5, 0.6) is 11.5 Å². The van der Waals surface area contributed by atoms with Crippen LogP contribution < -0.4 is 9.47 Å². The van der Waals surface area contributed by atoms with E-state index in [2.05, 4.69) is 0 Å². The average Bonchev–Trinajstić information content (AvgIpc) is 3.32. The predicted molar refractivity (Wildman–Crippen MR) is 156 cm³/mol. The number of rotatable bonds is 8. The number of amidine groups is 1. The van der Waals surface area contributed by atoms with E-state index in [0.29, 0.717) is 66.0 Å². The lowest BCUT2D eigenvalue weighted by Crippen LogP contribution is -2.42. The molecule has 222 valence electrons. The highest BCUT2D eigenvalue weighted by Crippen LogP contribution is 2.49. The lowest BCUT2D eigenvalue weighted by atomic mass is 9.92. The molecule has 0 saturated carbocycles. The van der Waals surface area contributed by atoms with Gasteiger partial charge in [0.15, 0.2) is 16.7 Å². The molecule has 0 N–H and O–H groups in total. The van der Waals surface area contributed by atoms with E-state index in [1.54, 1.807) is 39.0 Å². The molecule has 0 unspecified atom stereocenters. The molecule has 0 aromatic heterocycles. The number of carbonyl (C=O) groups is 3. The van der Waals surface area contributed by atoms with Gasteiger partial charge in [0.05, 0.1) is 50.5 Å². The van der Waals surface area contributed by atoms with Crippen LogP contribution in [0.2, 0.25) is 0 Å². The van der Waals surface area contributed by atoms with E-state index in [1.807, 2.05) is 43.2 Å². The Morgan fingerprint density at radius 1 is 1.10 bits per heavy atom. The smallest absolute Gasteiger partial charge is 0.338 e. The van der Waals surface area contributed by atoms with Crippen molar-refractivity contribution >= 4 is 34.8 Å². The van der Waals surface area contributed by atoms with E-state index in [1.165, 1.54) is 11.8 Å². The third-order valence-electron chi connectivity index (χ3n) is 7.15. The van der Waals surface area contributed by atoms with Crippen molar-refractivity contribution in [3.63, 3.8) is 0 Å². The van der Waals surface area contributed by atoms with E-state index in [4.69, 9.17) is 23.9 Å². The van der Waals surface area contributed by atoms with Crippen LogP contribution in [0, 0.1) is 5.92 Å². The number of fused-ring (bicyclic) bond motifs is 1. The third kappa shape index (κ3) is 6.55. The number of nitrogens with zero attached hydrogens (tertiary/aromatic N) is 3. The highest BCUT2D eigenvalue weighted by molar-refractivity contribution is 8.16. The maximum Gasteiger partial charge on any atom is 0.338 e. The minimum Gasteiger partial charge on any atom is -0.493 e. The van der Waals surface area contributed by atoms with Crippen LogP contribution in [0.15, 0.2) is 45.6 Å². The van der Waals surface area contributed by atoms with Crippen molar-refractivity contribution in [2.75, 3.05) is 33.9 Å². The Labute approximate surface area is 245 Å². The quantitative estimate of drug-likeness (QED) is 0.397. The maximum absolute atomic E-state index is 13.7. The Hall–Kier alpha value is -3.47. The van der Waals surface area contributed by atoms with Crippen LogP contribution in [-0.4, -0.2) is 72.3 Å². The summed E-state index contributed by atoms with van der Waals surface area (Å²) in [6.45, 7) is 10.4. The summed E-state index contributed by atoms with van der Waals surface area (Å²) >= 11 is 1.41. The molecule has 0 bridgehead atoms. The Morgan fingerprint density at radius 2 is 1.80 bits per heavy atom. The number of likely N-dealkylation sites (tertiary alicyclic amines) is 1. The van der Waals surface area contributed by atoms with Crippen LogP contribution >= 0.6 is 11.8 Å². The molecular weight excluding hydrogens is 546 g/mol. The zero-order valence-corrected chi connectivity index (χ0v) is 25.6. The van der Waals surface area contributed by atoms with E-state index >= 15 is 0 Å². The molecule has 1 fully saturated rings. The molecule has 11 heteroatoms. The zero-order chi connectivity index (χ0) is 29.9. The minimum absolute atomic E-state index is 0.0538. The average molecular weight is 586 g/mol. The van der Waals surface area contributed by atoms with Gasteiger partial charge in [-0.1, -0.05) is 23.9 Å². The number of aliphatic imine (C=N–C) groups is 1. The molecule has 1 saturated heterocycles. The number of carbonyl (C=O) groups excluding carboxylic acids is 3. The maximum atomic E-state index is 13.7. The molecule has 1 atom stereocenters. The fourth-order valence-corrected chi connectivity index (χ4v) is 6.24. The number of thioether (sulfide) groups is 1. The van der Waals surface area contributed by atoms with Crippen molar-refractivity contribution in [1.82, 2.24) is 9.80 Å². The summed E-state index contributed by atoms with van der Waals surface area (Å²) in [5, 5.41) is 2.57. The standard InChI is InChI=1S/C30H39N3O7S/c1-8-39-27(35)19-12-14-32(15-13-19)23(34)16-20-17-41-29-31-18(2)24(28(36)40-30(3,4)5)25(33(20)29)21-10-9-11-22(37-6)26(21)38-7/h9-11,17,19,25H,8,12-16H2,1-7H3/t25-/m1/s1. The van der Waals surface area contributed by atoms with Crippen LogP contribution in [0.4, 0.5) is 0 Å². The second kappa shape index (κ2) is 12.6. The topological polar surface area (TPSA) is 107 Å². The SMILES string of the molecule is CCOC(=O)C1CCN(C(=O)CC2=CSC3=NC(C)=C(C(=O)OC(C)(C)C)[C@@H](c4cccc(OC)c4OC)N23)CC1. The van der Waals surface area contributed by atoms with Crippen molar-refractivity contribution < 1.29 is 33.3 Å². The van der Waals surface area contributed by atoms with Crippen molar-refractivity contribution in [2.24, 2.45) is 10.9 Å². The Balaban J connectivity index is 1.66. The van der Waals surface area contributed by atoms with Gasteiger partial charge >= 0.3 is 11.9 Å². The summed E-state index contributed by atoms with van der Waals surface area (Å²) in [6, 6.07) is 4.86. The van der Waals surface area contributed by atoms with Crippen LogP contribution in [0.1, 0.15) is 65.5 Å². The molecule has 0 radical (unpaired) electrons. The lowest BCUT2D eigenvalue weighted by Gasteiger charge is -2.38. The first-order valence-corrected chi connectivity index (χ1v) is 14.7. The van der Waals surface area contributed by atoms with Gasteiger partial charge in [0.25, 0.3) is 0 Å². The van der Waals surface area contributed by atoms with Gasteiger partial charge in [-0.25, -0.2) is 9.79 Å². The number of methoxy groups -OCH3 is 2. The molecule has 4 rings (SSSR count). The number of amides is 1. The van der Waals surface area contributed by atoms with Gasteiger partial charge in [0.1, 0.15) is 5.60 Å². The molecule has 3 aliphatic rings. The number of benzene rings is 1. The number of hydrogen-bond donors (Lipinski definition) is 0. The highest BCUT2D eigenvalue weighted by Gasteiger charge is 2.44. The number of ether oxygens (including phenoxy) is 4. The van der Waals surface area contributed by atoms with Crippen LogP contribution in [-0.2, 0) is 23.9 Å². The number of hydrogen-bond acceptors (Lipinski definition) is 10. The van der Waals surface area contributed by atoms with E-state index < -0.39 is 17.6 Å². The molecule has 3 heterocycles. The van der Waals surface area contributed by atoms with Gasteiger partial charge in [-0.3, -0.25) is 9.59 Å². The Morgan fingerprint density at radius 3 is 2.41 bits per heavy atom. The molecule has 0 aliphatic carbocycles. The normalized spacial score (nSPS) is 19.3. The van der Waals surface area contributed by atoms with Gasteiger partial charge in [0.2, 0.25) is 5.91 Å². The van der Waals surface area contributed by atoms with Crippen LogP contribution in [0.3, 0.4) is 0 Å². The van der Waals surface area contributed by atoms with E-state index in [-0.39, 0.29) is 24.2 Å². The highest BCUT2D eigenvalue weighted by atomic mass is 32.2. The van der Waals surface area contributed by atoms with Gasteiger partial charge in [-0.2, -0.15) is 0 Å². The minimum atomic E-state index is -0.721. The molecule has 1 amide bonds. The summed E-state index contributed by atoms with van der Waals surface area (Å²) in [5.74, 6) is 0.0797. The fourth-order valence-electron chi connectivity index (χ4n) is 5.28. The second-order valence-corrected chi connectivity index (χ2v) is 11.9. The van der Waals surface area contributed by atoms with E-state index in [0.717, 1.165) is 5.70 Å². The zero-order valence-electron chi connectivity index (χ0n) is 24.8. The summed E-state index contributed by atoms with van der Waals surface area (Å²) in [4.78, 5) is 47.8. The first-order valence-electron chi connectivity index (χ1n) is 13.8. The third-order valence-corrected chi connectivity index (χ3v) is 8.04. The molecule has 41 heavy (non-hydrogen) atoms. The molecule has 1 aromatic carbocycles. The van der Waals surface area contributed by atoms with Crippen molar-refractivity contribution in [3.05, 3.63) is 46.1 Å². The Bertz CT molecular complexity index is 1290. The molecule has 3 aliphatic heterocycles. The van der Waals surface area contributed by atoms with Crippen LogP contribution in [0.25, 0.3) is 0 Å². The molecule has 1 aromatic rings. The first-order chi connectivity index (χ1) is 19.5. The number of piperidine rings is 1. The summed E-state index contributed by atoms with van der Waals surface area (Å²) < 4.78 is 22.4. The molecular formula is C30H39N3O7S. The fraction of sp³-hybridized carbons (Fsp3) is 0.533. The first kappa shape index (κ1) is 30.5. The van der Waals surface area contributed by atoms with Gasteiger partial charge in [-0.05, 0) is 58.9 Å². The lowest BCUT2D eigenvalue weighted by molar-refractivity contribution is -0.151. The second-order valence-electron chi connectivity index (χ2n) is 11.1. The van der Waals surface area contributed by atoms with Gasteiger partial charge in [0, 0.05) is 24.4 Å². The van der Waals surface area contributed by atoms with E-state index in [9.17, 15) is 14.4 Å². The largest absolute Gasteiger partial charge is 0.493 e. The number of allylic oxidation sites excluding steroid dienone is 1.